The van der Waals surface area contributed by atoms with E-state index in [9.17, 15) is 9.50 Å². The largest absolute Gasteiger partial charge is 0.374 e. The second kappa shape index (κ2) is 5.44. The zero-order valence-electron chi connectivity index (χ0n) is 10.3. The summed E-state index contributed by atoms with van der Waals surface area (Å²) in [7, 11) is 0. The first-order valence-electron chi connectivity index (χ1n) is 5.74. The quantitative estimate of drug-likeness (QED) is 0.786. The Balaban J connectivity index is 2.33. The first-order chi connectivity index (χ1) is 8.97. The Morgan fingerprint density at radius 2 is 1.84 bits per heavy atom. The maximum atomic E-state index is 13.2. The molecule has 0 aromatic heterocycles. The van der Waals surface area contributed by atoms with E-state index >= 15 is 0 Å². The topological polar surface area (TPSA) is 20.2 Å². The molecule has 2 rings (SSSR count). The average molecular weight is 275 g/mol. The van der Waals surface area contributed by atoms with Gasteiger partial charge in [0.15, 0.2) is 0 Å². The molecule has 0 amide bonds. The predicted molar refractivity (Wildman–Crippen MR) is 74.3 cm³/mol. The third-order valence-electron chi connectivity index (χ3n) is 2.65. The fourth-order valence-corrected chi connectivity index (χ4v) is 1.88. The van der Waals surface area contributed by atoms with Crippen molar-refractivity contribution in [1.29, 1.82) is 0 Å². The van der Waals surface area contributed by atoms with Crippen LogP contribution in [0.3, 0.4) is 0 Å². The minimum absolute atomic E-state index is 0.281. The van der Waals surface area contributed by atoms with Crippen LogP contribution in [0.25, 0.3) is 0 Å². The number of rotatable bonds is 1. The second-order valence-corrected chi connectivity index (χ2v) is 4.78. The van der Waals surface area contributed by atoms with Gasteiger partial charge in [0.05, 0.1) is 0 Å². The zero-order chi connectivity index (χ0) is 13.9. The highest BCUT2D eigenvalue weighted by Gasteiger charge is 2.19. The molecule has 1 N–H and O–H groups in total. The summed E-state index contributed by atoms with van der Waals surface area (Å²) in [6.07, 6.45) is 0. The summed E-state index contributed by atoms with van der Waals surface area (Å²) in [5, 5.41) is 10.6. The van der Waals surface area contributed by atoms with E-state index in [0.717, 1.165) is 0 Å². The van der Waals surface area contributed by atoms with Gasteiger partial charge in [0.1, 0.15) is 11.4 Å². The molecule has 1 atom stereocenters. The average Bonchev–Trinajstić information content (AvgIpc) is 2.37. The van der Waals surface area contributed by atoms with Crippen LogP contribution in [0.5, 0.6) is 0 Å². The fraction of sp³-hybridized carbons (Fsp3) is 0.125. The maximum absolute atomic E-state index is 13.2. The second-order valence-electron chi connectivity index (χ2n) is 4.35. The Bertz CT molecular complexity index is 619. The van der Waals surface area contributed by atoms with Crippen LogP contribution in [-0.2, 0) is 5.60 Å². The van der Waals surface area contributed by atoms with Crippen molar-refractivity contribution >= 4 is 11.6 Å². The predicted octanol–water partition coefficient (Wildman–Crippen LogP) is 3.74. The van der Waals surface area contributed by atoms with E-state index in [1.165, 1.54) is 12.1 Å². The number of halogens is 2. The summed E-state index contributed by atoms with van der Waals surface area (Å²) < 4.78 is 13.2. The number of hydrogen-bond donors (Lipinski definition) is 1. The van der Waals surface area contributed by atoms with Gasteiger partial charge in [-0.05, 0) is 30.7 Å². The van der Waals surface area contributed by atoms with Gasteiger partial charge in [0.2, 0.25) is 0 Å². The summed E-state index contributed by atoms with van der Waals surface area (Å²) >= 11 is 5.75. The molecule has 19 heavy (non-hydrogen) atoms. The summed E-state index contributed by atoms with van der Waals surface area (Å²) in [5.41, 5.74) is -0.175. The van der Waals surface area contributed by atoms with Crippen molar-refractivity contribution in [3.8, 4) is 11.8 Å². The van der Waals surface area contributed by atoms with Crippen LogP contribution in [0.2, 0.25) is 5.02 Å². The van der Waals surface area contributed by atoms with Gasteiger partial charge < -0.3 is 5.11 Å². The zero-order valence-corrected chi connectivity index (χ0v) is 11.1. The summed E-state index contributed by atoms with van der Waals surface area (Å²) in [4.78, 5) is 0. The highest BCUT2D eigenvalue weighted by Crippen LogP contribution is 2.19. The Hall–Kier alpha value is -1.82. The van der Waals surface area contributed by atoms with E-state index < -0.39 is 11.4 Å². The number of benzene rings is 2. The van der Waals surface area contributed by atoms with Crippen LogP contribution in [0, 0.1) is 17.7 Å². The standard InChI is InChI=1S/C16H12ClFO/c1-16(19,13-5-3-2-4-6-13)8-7-12-9-14(17)11-15(18)10-12/h2-6,9-11,19H,1H3. The lowest BCUT2D eigenvalue weighted by Gasteiger charge is -2.16. The third-order valence-corrected chi connectivity index (χ3v) is 2.87. The molecule has 0 bridgehead atoms. The molecule has 0 radical (unpaired) electrons. The fourth-order valence-electron chi connectivity index (χ4n) is 1.65. The van der Waals surface area contributed by atoms with Gasteiger partial charge >= 0.3 is 0 Å². The molecule has 0 saturated carbocycles. The van der Waals surface area contributed by atoms with Crippen LogP contribution in [-0.4, -0.2) is 5.11 Å². The summed E-state index contributed by atoms with van der Waals surface area (Å²) in [6.45, 7) is 1.59. The molecule has 0 heterocycles. The smallest absolute Gasteiger partial charge is 0.148 e. The SMILES string of the molecule is CC(O)(C#Cc1cc(F)cc(Cl)c1)c1ccccc1. The third kappa shape index (κ3) is 3.57. The molecule has 1 nitrogen and oxygen atoms in total. The molecule has 0 fully saturated rings. The molecule has 3 heteroatoms. The first kappa shape index (κ1) is 13.6. The highest BCUT2D eigenvalue weighted by molar-refractivity contribution is 6.30. The van der Waals surface area contributed by atoms with Crippen molar-refractivity contribution in [2.75, 3.05) is 0 Å². The number of aliphatic hydroxyl groups is 1. The van der Waals surface area contributed by atoms with Crippen molar-refractivity contribution in [3.05, 3.63) is 70.5 Å². The van der Waals surface area contributed by atoms with Gasteiger partial charge in [-0.25, -0.2) is 4.39 Å². The molecular weight excluding hydrogens is 263 g/mol. The van der Waals surface area contributed by atoms with Crippen molar-refractivity contribution in [2.24, 2.45) is 0 Å². The van der Waals surface area contributed by atoms with Crippen LogP contribution in [0.4, 0.5) is 4.39 Å². The molecule has 96 valence electrons. The van der Waals surface area contributed by atoms with Crippen molar-refractivity contribution in [3.63, 3.8) is 0 Å². The van der Waals surface area contributed by atoms with E-state index in [1.54, 1.807) is 25.1 Å². The number of hydrogen-bond acceptors (Lipinski definition) is 1. The summed E-state index contributed by atoms with van der Waals surface area (Å²) in [6, 6.07) is 13.1. The van der Waals surface area contributed by atoms with E-state index in [-0.39, 0.29) is 5.02 Å². The van der Waals surface area contributed by atoms with Crippen LogP contribution in [0.1, 0.15) is 18.1 Å². The van der Waals surface area contributed by atoms with E-state index in [1.807, 2.05) is 18.2 Å². The minimum Gasteiger partial charge on any atom is -0.374 e. The Labute approximate surface area is 116 Å². The van der Waals surface area contributed by atoms with Gasteiger partial charge in [-0.1, -0.05) is 53.8 Å². The molecule has 2 aromatic carbocycles. The molecule has 0 saturated heterocycles. The molecule has 0 aliphatic carbocycles. The van der Waals surface area contributed by atoms with Crippen LogP contribution in [0.15, 0.2) is 48.5 Å². The normalized spacial score (nSPS) is 13.3. The first-order valence-corrected chi connectivity index (χ1v) is 6.12. The molecule has 0 aliphatic rings. The summed E-state index contributed by atoms with van der Waals surface area (Å²) in [5.74, 6) is 5.02. The van der Waals surface area contributed by atoms with Crippen LogP contribution >= 0.6 is 11.6 Å². The Kier molecular flexibility index (Phi) is 3.90. The van der Waals surface area contributed by atoms with Gasteiger partial charge in [-0.15, -0.1) is 0 Å². The Morgan fingerprint density at radius 3 is 2.47 bits per heavy atom. The van der Waals surface area contributed by atoms with Crippen molar-refractivity contribution in [2.45, 2.75) is 12.5 Å². The lowest BCUT2D eigenvalue weighted by molar-refractivity contribution is 0.122. The van der Waals surface area contributed by atoms with E-state index in [4.69, 9.17) is 11.6 Å². The molecule has 0 aliphatic heterocycles. The van der Waals surface area contributed by atoms with E-state index in [0.29, 0.717) is 11.1 Å². The Morgan fingerprint density at radius 1 is 1.16 bits per heavy atom. The monoisotopic (exact) mass is 274 g/mol. The van der Waals surface area contributed by atoms with Gasteiger partial charge in [0.25, 0.3) is 0 Å². The van der Waals surface area contributed by atoms with Crippen molar-refractivity contribution in [1.82, 2.24) is 0 Å². The molecule has 1 unspecified atom stereocenters. The van der Waals surface area contributed by atoms with Gasteiger partial charge in [0, 0.05) is 10.6 Å². The van der Waals surface area contributed by atoms with Gasteiger partial charge in [-0.2, -0.15) is 0 Å². The highest BCUT2D eigenvalue weighted by atomic mass is 35.5. The molecule has 0 spiro atoms. The minimum atomic E-state index is -1.29. The van der Waals surface area contributed by atoms with Crippen molar-refractivity contribution < 1.29 is 9.50 Å². The van der Waals surface area contributed by atoms with Gasteiger partial charge in [-0.3, -0.25) is 0 Å². The lowest BCUT2D eigenvalue weighted by Crippen LogP contribution is -2.18. The lowest BCUT2D eigenvalue weighted by atomic mass is 9.96. The maximum Gasteiger partial charge on any atom is 0.148 e. The van der Waals surface area contributed by atoms with Crippen LogP contribution < -0.4 is 0 Å². The molecular formula is C16H12ClFO. The molecule has 2 aromatic rings. The van der Waals surface area contributed by atoms with E-state index in [2.05, 4.69) is 11.8 Å².